The molecule has 0 rings (SSSR count). The van der Waals surface area contributed by atoms with Crippen molar-refractivity contribution in [3.05, 3.63) is 72.9 Å². The predicted octanol–water partition coefficient (Wildman–Crippen LogP) is 13.8. The Morgan fingerprint density at radius 2 is 0.982 bits per heavy atom. The SMILES string of the molecule is CC/C=C/C=C/C=C\C=C/C=C/CC(CC(=O)NC(CO)C(O)CCCCCCCCCCCCC)OC(=O)CCCCCCC/C=C/CCCCCCCCC. The van der Waals surface area contributed by atoms with E-state index in [0.29, 0.717) is 19.3 Å². The van der Waals surface area contributed by atoms with Crippen LogP contribution in [0.5, 0.6) is 0 Å². The number of esters is 1. The second-order valence-corrected chi connectivity index (χ2v) is 15.9. The first-order chi connectivity index (χ1) is 28.0. The molecule has 3 atom stereocenters. The van der Waals surface area contributed by atoms with Gasteiger partial charge in [-0.05, 0) is 44.9 Å². The fourth-order valence-electron chi connectivity index (χ4n) is 6.80. The number of ether oxygens (including phenoxy) is 1. The van der Waals surface area contributed by atoms with Gasteiger partial charge in [0.25, 0.3) is 0 Å². The summed E-state index contributed by atoms with van der Waals surface area (Å²) >= 11 is 0. The molecular weight excluding hydrogens is 707 g/mol. The third-order valence-electron chi connectivity index (χ3n) is 10.4. The molecule has 6 nitrogen and oxygen atoms in total. The summed E-state index contributed by atoms with van der Waals surface area (Å²) in [6.07, 6.45) is 55.6. The zero-order chi connectivity index (χ0) is 41.7. The zero-order valence-electron chi connectivity index (χ0n) is 37.2. The third kappa shape index (κ3) is 39.9. The van der Waals surface area contributed by atoms with E-state index in [1.807, 2.05) is 54.7 Å². The molecule has 0 aliphatic rings. The minimum absolute atomic E-state index is 0.0239. The van der Waals surface area contributed by atoms with Crippen molar-refractivity contribution in [1.29, 1.82) is 0 Å². The van der Waals surface area contributed by atoms with Crippen molar-refractivity contribution in [2.24, 2.45) is 0 Å². The summed E-state index contributed by atoms with van der Waals surface area (Å²) in [6, 6.07) is -0.741. The van der Waals surface area contributed by atoms with E-state index in [0.717, 1.165) is 57.8 Å². The van der Waals surface area contributed by atoms with E-state index >= 15 is 0 Å². The van der Waals surface area contributed by atoms with Crippen LogP contribution in [0.2, 0.25) is 0 Å². The molecule has 0 radical (unpaired) electrons. The summed E-state index contributed by atoms with van der Waals surface area (Å²) < 4.78 is 5.82. The predicted molar refractivity (Wildman–Crippen MR) is 245 cm³/mol. The number of aliphatic hydroxyl groups is 2. The van der Waals surface area contributed by atoms with E-state index < -0.39 is 18.2 Å². The smallest absolute Gasteiger partial charge is 0.306 e. The van der Waals surface area contributed by atoms with Crippen LogP contribution in [0.4, 0.5) is 0 Å². The maximum absolute atomic E-state index is 13.1. The van der Waals surface area contributed by atoms with E-state index in [4.69, 9.17) is 4.74 Å². The number of unbranched alkanes of at least 4 members (excludes halogenated alkanes) is 22. The number of amides is 1. The van der Waals surface area contributed by atoms with Gasteiger partial charge in [-0.3, -0.25) is 9.59 Å². The lowest BCUT2D eigenvalue weighted by atomic mass is 10.0. The molecule has 328 valence electrons. The van der Waals surface area contributed by atoms with E-state index in [1.165, 1.54) is 109 Å². The molecule has 0 saturated heterocycles. The summed E-state index contributed by atoms with van der Waals surface area (Å²) in [4.78, 5) is 26.0. The van der Waals surface area contributed by atoms with Crippen LogP contribution in [0, 0.1) is 0 Å². The van der Waals surface area contributed by atoms with E-state index in [1.54, 1.807) is 0 Å². The molecule has 3 unspecified atom stereocenters. The van der Waals surface area contributed by atoms with E-state index in [2.05, 4.69) is 44.3 Å². The summed E-state index contributed by atoms with van der Waals surface area (Å²) in [5.41, 5.74) is 0. The Labute approximate surface area is 351 Å². The lowest BCUT2D eigenvalue weighted by Crippen LogP contribution is -2.46. The van der Waals surface area contributed by atoms with Crippen LogP contribution in [0.25, 0.3) is 0 Å². The standard InChI is InChI=1S/C51H89NO5/c1-4-7-10-13-16-19-22-23-24-25-26-29-32-35-38-41-44-51(56)57-47(42-39-36-33-30-27-20-17-14-11-8-5-2)45-50(55)52-48(46-53)49(54)43-40-37-34-31-28-21-18-15-12-9-6-3/h8,11,14,17,20,24-25,27,30,33,36,39,47-49,53-54H,4-7,9-10,12-13,15-16,18-19,21-23,26,28-29,31-32,34-35,37-38,40-46H2,1-3H3,(H,52,55)/b11-8+,17-14+,25-24+,27-20-,33-30-,39-36+. The molecule has 0 spiro atoms. The second-order valence-electron chi connectivity index (χ2n) is 15.9. The molecule has 0 aromatic carbocycles. The van der Waals surface area contributed by atoms with Gasteiger partial charge in [0.05, 0.1) is 25.2 Å². The van der Waals surface area contributed by atoms with Crippen molar-refractivity contribution >= 4 is 11.9 Å². The van der Waals surface area contributed by atoms with Crippen molar-refractivity contribution in [3.8, 4) is 0 Å². The Morgan fingerprint density at radius 1 is 0.544 bits per heavy atom. The van der Waals surface area contributed by atoms with Crippen LogP contribution < -0.4 is 5.32 Å². The van der Waals surface area contributed by atoms with Crippen LogP contribution in [-0.2, 0) is 14.3 Å². The molecule has 0 saturated carbocycles. The second kappa shape index (κ2) is 44.4. The molecule has 1 amide bonds. The molecule has 6 heteroatoms. The average molecular weight is 796 g/mol. The zero-order valence-corrected chi connectivity index (χ0v) is 37.2. The molecule has 0 aromatic rings. The number of carbonyl (C=O) groups excluding carboxylic acids is 2. The van der Waals surface area contributed by atoms with Crippen molar-refractivity contribution < 1.29 is 24.5 Å². The number of aliphatic hydroxyl groups excluding tert-OH is 2. The molecule has 3 N–H and O–H groups in total. The normalized spacial score (nSPS) is 14.0. The van der Waals surface area contributed by atoms with E-state index in [-0.39, 0.29) is 24.9 Å². The third-order valence-corrected chi connectivity index (χ3v) is 10.4. The van der Waals surface area contributed by atoms with Crippen LogP contribution in [0.1, 0.15) is 213 Å². The number of hydrogen-bond acceptors (Lipinski definition) is 5. The number of nitrogens with one attached hydrogen (secondary N) is 1. The monoisotopic (exact) mass is 796 g/mol. The van der Waals surface area contributed by atoms with Crippen LogP contribution in [-0.4, -0.2) is 46.9 Å². The number of hydrogen-bond donors (Lipinski definition) is 3. The average Bonchev–Trinajstić information content (AvgIpc) is 3.20. The summed E-state index contributed by atoms with van der Waals surface area (Å²) in [5, 5.41) is 23.6. The maximum atomic E-state index is 13.1. The molecule has 57 heavy (non-hydrogen) atoms. The van der Waals surface area contributed by atoms with Gasteiger partial charge in [-0.1, -0.05) is 222 Å². The summed E-state index contributed by atoms with van der Waals surface area (Å²) in [7, 11) is 0. The topological polar surface area (TPSA) is 95.9 Å². The molecular formula is C51H89NO5. The Bertz CT molecular complexity index is 1070. The van der Waals surface area contributed by atoms with Crippen LogP contribution in [0.3, 0.4) is 0 Å². The molecule has 0 aliphatic carbocycles. The maximum Gasteiger partial charge on any atom is 0.306 e. The van der Waals surface area contributed by atoms with Gasteiger partial charge in [0.15, 0.2) is 0 Å². The fraction of sp³-hybridized carbons (Fsp3) is 0.725. The van der Waals surface area contributed by atoms with Gasteiger partial charge in [-0.2, -0.15) is 0 Å². The molecule has 0 bridgehead atoms. The van der Waals surface area contributed by atoms with Crippen LogP contribution in [0.15, 0.2) is 72.9 Å². The van der Waals surface area contributed by atoms with Gasteiger partial charge in [0.1, 0.15) is 6.10 Å². The summed E-state index contributed by atoms with van der Waals surface area (Å²) in [6.45, 7) is 6.27. The minimum Gasteiger partial charge on any atom is -0.461 e. The molecule has 0 fully saturated rings. The van der Waals surface area contributed by atoms with Crippen molar-refractivity contribution in [2.45, 2.75) is 232 Å². The Hall–Kier alpha value is -2.70. The fourth-order valence-corrected chi connectivity index (χ4v) is 6.80. The van der Waals surface area contributed by atoms with Gasteiger partial charge >= 0.3 is 5.97 Å². The van der Waals surface area contributed by atoms with Gasteiger partial charge in [0.2, 0.25) is 5.91 Å². The van der Waals surface area contributed by atoms with Gasteiger partial charge in [0, 0.05) is 12.8 Å². The Balaban J connectivity index is 4.69. The van der Waals surface area contributed by atoms with Gasteiger partial charge < -0.3 is 20.3 Å². The first-order valence-corrected chi connectivity index (χ1v) is 23.7. The highest BCUT2D eigenvalue weighted by Gasteiger charge is 2.23. The number of carbonyl (C=O) groups is 2. The lowest BCUT2D eigenvalue weighted by molar-refractivity contribution is -0.150. The quantitative estimate of drug-likeness (QED) is 0.0248. The molecule has 0 heterocycles. The van der Waals surface area contributed by atoms with Crippen molar-refractivity contribution in [2.75, 3.05) is 6.61 Å². The molecule has 0 aromatic heterocycles. The van der Waals surface area contributed by atoms with Gasteiger partial charge in [-0.15, -0.1) is 0 Å². The van der Waals surface area contributed by atoms with Gasteiger partial charge in [-0.25, -0.2) is 0 Å². The Morgan fingerprint density at radius 3 is 1.47 bits per heavy atom. The first kappa shape index (κ1) is 54.3. The Kier molecular flexibility index (Phi) is 42.3. The number of allylic oxidation sites excluding steroid dienone is 11. The highest BCUT2D eigenvalue weighted by Crippen LogP contribution is 2.16. The van der Waals surface area contributed by atoms with Crippen molar-refractivity contribution in [3.63, 3.8) is 0 Å². The first-order valence-electron chi connectivity index (χ1n) is 23.7. The molecule has 0 aliphatic heterocycles. The largest absolute Gasteiger partial charge is 0.461 e. The number of rotatable bonds is 41. The highest BCUT2D eigenvalue weighted by molar-refractivity contribution is 5.77. The van der Waals surface area contributed by atoms with Crippen LogP contribution >= 0.6 is 0 Å². The summed E-state index contributed by atoms with van der Waals surface area (Å²) in [5.74, 6) is -0.621. The van der Waals surface area contributed by atoms with E-state index in [9.17, 15) is 19.8 Å². The lowest BCUT2D eigenvalue weighted by Gasteiger charge is -2.24. The van der Waals surface area contributed by atoms with Crippen molar-refractivity contribution in [1.82, 2.24) is 5.32 Å². The highest BCUT2D eigenvalue weighted by atomic mass is 16.5. The minimum atomic E-state index is -0.819.